The van der Waals surface area contributed by atoms with Crippen molar-refractivity contribution in [2.24, 2.45) is 7.05 Å². The number of fused-ring (bicyclic) bond motifs is 1. The zero-order valence-electron chi connectivity index (χ0n) is 12.8. The van der Waals surface area contributed by atoms with E-state index in [0.717, 1.165) is 47.3 Å². The molecule has 0 aliphatic carbocycles. The van der Waals surface area contributed by atoms with Crippen molar-refractivity contribution in [3.63, 3.8) is 0 Å². The standard InChI is InChI=1S/C15H19N5OS/c1-19-13-7-4-3-6-12(13)17-14(19)10-22-15-18-16-11-20(15)8-5-9-21-2/h3-4,6-7,11H,5,8-10H2,1-2H3. The first-order valence-corrected chi connectivity index (χ1v) is 8.18. The summed E-state index contributed by atoms with van der Waals surface area (Å²) in [5.74, 6) is 1.81. The zero-order chi connectivity index (χ0) is 15.4. The van der Waals surface area contributed by atoms with Crippen LogP contribution in [0.3, 0.4) is 0 Å². The predicted molar refractivity (Wildman–Crippen MR) is 86.8 cm³/mol. The van der Waals surface area contributed by atoms with Crippen LogP contribution in [-0.4, -0.2) is 38.0 Å². The maximum absolute atomic E-state index is 5.08. The Kier molecular flexibility index (Phi) is 4.74. The Morgan fingerprint density at radius 1 is 1.27 bits per heavy atom. The Morgan fingerprint density at radius 3 is 2.95 bits per heavy atom. The molecule has 6 nitrogen and oxygen atoms in total. The smallest absolute Gasteiger partial charge is 0.191 e. The first kappa shape index (κ1) is 15.1. The van der Waals surface area contributed by atoms with Gasteiger partial charge in [-0.25, -0.2) is 4.98 Å². The molecule has 0 amide bonds. The Bertz CT molecular complexity index is 751. The summed E-state index contributed by atoms with van der Waals surface area (Å²) in [5, 5.41) is 9.11. The molecule has 3 rings (SSSR count). The Hall–Kier alpha value is -1.86. The highest BCUT2D eigenvalue weighted by Gasteiger charge is 2.10. The van der Waals surface area contributed by atoms with Crippen molar-refractivity contribution >= 4 is 22.8 Å². The number of rotatable bonds is 7. The second-order valence-electron chi connectivity index (χ2n) is 5.02. The van der Waals surface area contributed by atoms with Gasteiger partial charge in [-0.1, -0.05) is 23.9 Å². The molecule has 0 atom stereocenters. The topological polar surface area (TPSA) is 57.8 Å². The van der Waals surface area contributed by atoms with Crippen molar-refractivity contribution in [1.29, 1.82) is 0 Å². The van der Waals surface area contributed by atoms with Crippen LogP contribution in [0.5, 0.6) is 0 Å². The summed E-state index contributed by atoms with van der Waals surface area (Å²) in [6.07, 6.45) is 2.72. The first-order chi connectivity index (χ1) is 10.8. The number of hydrogen-bond donors (Lipinski definition) is 0. The van der Waals surface area contributed by atoms with Crippen molar-refractivity contribution < 1.29 is 4.74 Å². The van der Waals surface area contributed by atoms with E-state index in [2.05, 4.69) is 37.4 Å². The SMILES string of the molecule is COCCCn1cnnc1SCc1nc2ccccc2n1C. The molecule has 0 unspecified atom stereocenters. The van der Waals surface area contributed by atoms with Crippen LogP contribution >= 0.6 is 11.8 Å². The monoisotopic (exact) mass is 317 g/mol. The zero-order valence-corrected chi connectivity index (χ0v) is 13.6. The number of benzene rings is 1. The number of aromatic nitrogens is 5. The fourth-order valence-electron chi connectivity index (χ4n) is 2.34. The lowest BCUT2D eigenvalue weighted by Crippen LogP contribution is -2.03. The summed E-state index contributed by atoms with van der Waals surface area (Å²) < 4.78 is 9.28. The van der Waals surface area contributed by atoms with Crippen molar-refractivity contribution in [2.45, 2.75) is 23.9 Å². The third-order valence-electron chi connectivity index (χ3n) is 3.54. The number of thioether (sulfide) groups is 1. The summed E-state index contributed by atoms with van der Waals surface area (Å²) in [6.45, 7) is 1.61. The van der Waals surface area contributed by atoms with Crippen molar-refractivity contribution in [1.82, 2.24) is 24.3 Å². The minimum atomic E-state index is 0.743. The second-order valence-corrected chi connectivity index (χ2v) is 5.96. The third kappa shape index (κ3) is 3.15. The van der Waals surface area contributed by atoms with Crippen LogP contribution in [0.1, 0.15) is 12.2 Å². The quantitative estimate of drug-likeness (QED) is 0.495. The van der Waals surface area contributed by atoms with Crippen LogP contribution in [-0.2, 0) is 24.1 Å². The number of para-hydroxylation sites is 2. The normalized spacial score (nSPS) is 11.4. The minimum Gasteiger partial charge on any atom is -0.385 e. The number of methoxy groups -OCH3 is 1. The van der Waals surface area contributed by atoms with Gasteiger partial charge < -0.3 is 13.9 Å². The number of ether oxygens (including phenoxy) is 1. The molecule has 2 aromatic heterocycles. The molecule has 7 heteroatoms. The molecule has 116 valence electrons. The first-order valence-electron chi connectivity index (χ1n) is 7.19. The van der Waals surface area contributed by atoms with E-state index in [-0.39, 0.29) is 0 Å². The number of nitrogens with zero attached hydrogens (tertiary/aromatic N) is 5. The van der Waals surface area contributed by atoms with Gasteiger partial charge in [0.25, 0.3) is 0 Å². The Morgan fingerprint density at radius 2 is 2.14 bits per heavy atom. The Labute approximate surface area is 133 Å². The van der Waals surface area contributed by atoms with Crippen LogP contribution in [0.4, 0.5) is 0 Å². The lowest BCUT2D eigenvalue weighted by molar-refractivity contribution is 0.189. The van der Waals surface area contributed by atoms with Gasteiger partial charge in [0, 0.05) is 27.3 Å². The fraction of sp³-hybridized carbons (Fsp3) is 0.400. The molecule has 3 aromatic rings. The van der Waals surface area contributed by atoms with E-state index in [0.29, 0.717) is 0 Å². The molecule has 0 radical (unpaired) electrons. The molecule has 2 heterocycles. The van der Waals surface area contributed by atoms with E-state index in [1.807, 2.05) is 18.2 Å². The number of imidazole rings is 1. The average molecular weight is 317 g/mol. The van der Waals surface area contributed by atoms with E-state index in [4.69, 9.17) is 4.74 Å². The molecule has 0 saturated heterocycles. The molecule has 0 aliphatic rings. The van der Waals surface area contributed by atoms with Gasteiger partial charge in [-0.05, 0) is 18.6 Å². The van der Waals surface area contributed by atoms with Crippen LogP contribution in [0.15, 0.2) is 35.7 Å². The number of aryl methyl sites for hydroxylation is 2. The van der Waals surface area contributed by atoms with E-state index in [9.17, 15) is 0 Å². The molecule has 22 heavy (non-hydrogen) atoms. The van der Waals surface area contributed by atoms with Gasteiger partial charge in [-0.2, -0.15) is 0 Å². The second kappa shape index (κ2) is 6.93. The van der Waals surface area contributed by atoms with Crippen molar-refractivity contribution in [3.8, 4) is 0 Å². The minimum absolute atomic E-state index is 0.743. The molecule has 0 aliphatic heterocycles. The van der Waals surface area contributed by atoms with Gasteiger partial charge in [-0.15, -0.1) is 10.2 Å². The molecular weight excluding hydrogens is 298 g/mol. The van der Waals surface area contributed by atoms with Gasteiger partial charge in [-0.3, -0.25) is 0 Å². The van der Waals surface area contributed by atoms with Crippen LogP contribution < -0.4 is 0 Å². The lowest BCUT2D eigenvalue weighted by Gasteiger charge is -2.06. The highest BCUT2D eigenvalue weighted by atomic mass is 32.2. The molecule has 0 bridgehead atoms. The summed E-state index contributed by atoms with van der Waals surface area (Å²) in [5.41, 5.74) is 2.18. The summed E-state index contributed by atoms with van der Waals surface area (Å²) in [4.78, 5) is 4.68. The molecule has 1 aromatic carbocycles. The molecule has 0 N–H and O–H groups in total. The van der Waals surface area contributed by atoms with E-state index >= 15 is 0 Å². The van der Waals surface area contributed by atoms with E-state index in [1.165, 1.54) is 0 Å². The maximum atomic E-state index is 5.08. The summed E-state index contributed by atoms with van der Waals surface area (Å²) in [7, 11) is 3.77. The Balaban J connectivity index is 1.69. The highest BCUT2D eigenvalue weighted by Crippen LogP contribution is 2.23. The highest BCUT2D eigenvalue weighted by molar-refractivity contribution is 7.98. The van der Waals surface area contributed by atoms with Crippen LogP contribution in [0.2, 0.25) is 0 Å². The van der Waals surface area contributed by atoms with Gasteiger partial charge >= 0.3 is 0 Å². The largest absolute Gasteiger partial charge is 0.385 e. The van der Waals surface area contributed by atoms with Gasteiger partial charge in [0.05, 0.1) is 16.8 Å². The molecular formula is C15H19N5OS. The average Bonchev–Trinajstić information content (AvgIpc) is 3.11. The maximum Gasteiger partial charge on any atom is 0.191 e. The van der Waals surface area contributed by atoms with Gasteiger partial charge in [0.1, 0.15) is 12.2 Å². The van der Waals surface area contributed by atoms with Crippen LogP contribution in [0.25, 0.3) is 11.0 Å². The van der Waals surface area contributed by atoms with Gasteiger partial charge in [0.15, 0.2) is 5.16 Å². The molecule has 0 saturated carbocycles. The van der Waals surface area contributed by atoms with E-state index in [1.54, 1.807) is 25.2 Å². The molecule has 0 fully saturated rings. The lowest BCUT2D eigenvalue weighted by atomic mass is 10.3. The predicted octanol–water partition coefficient (Wildman–Crippen LogP) is 2.49. The molecule has 0 spiro atoms. The number of hydrogen-bond acceptors (Lipinski definition) is 5. The van der Waals surface area contributed by atoms with E-state index < -0.39 is 0 Å². The fourth-order valence-corrected chi connectivity index (χ4v) is 3.27. The van der Waals surface area contributed by atoms with Crippen molar-refractivity contribution in [3.05, 3.63) is 36.4 Å². The van der Waals surface area contributed by atoms with Crippen molar-refractivity contribution in [2.75, 3.05) is 13.7 Å². The van der Waals surface area contributed by atoms with Gasteiger partial charge in [0.2, 0.25) is 0 Å². The third-order valence-corrected chi connectivity index (χ3v) is 4.51. The summed E-state index contributed by atoms with van der Waals surface area (Å²) >= 11 is 1.66. The van der Waals surface area contributed by atoms with Crippen LogP contribution in [0, 0.1) is 0 Å². The summed E-state index contributed by atoms with van der Waals surface area (Å²) in [6, 6.07) is 8.17.